The van der Waals surface area contributed by atoms with E-state index in [9.17, 15) is 9.90 Å². The van der Waals surface area contributed by atoms with E-state index in [0.717, 1.165) is 19.4 Å². The first-order valence-electron chi connectivity index (χ1n) is 5.78. The molecule has 0 aromatic heterocycles. The van der Waals surface area contributed by atoms with E-state index in [1.807, 2.05) is 0 Å². The van der Waals surface area contributed by atoms with Crippen LogP contribution in [0.1, 0.15) is 32.6 Å². The van der Waals surface area contributed by atoms with Crippen molar-refractivity contribution in [2.24, 2.45) is 17.6 Å². The maximum Gasteiger partial charge on any atom is 0.234 e. The van der Waals surface area contributed by atoms with Crippen LogP contribution >= 0.6 is 0 Å². The van der Waals surface area contributed by atoms with Gasteiger partial charge in [0.15, 0.2) is 0 Å². The minimum Gasteiger partial charge on any atom is -0.396 e. The fourth-order valence-corrected chi connectivity index (χ4v) is 2.22. The van der Waals surface area contributed by atoms with Crippen molar-refractivity contribution in [2.75, 3.05) is 13.2 Å². The molecule has 1 saturated carbocycles. The maximum absolute atomic E-state index is 10.8. The molecule has 4 N–H and O–H groups in total. The quantitative estimate of drug-likeness (QED) is 0.614. The Labute approximate surface area is 91.2 Å². The lowest BCUT2D eigenvalue weighted by molar-refractivity contribution is -0.119. The largest absolute Gasteiger partial charge is 0.396 e. The summed E-state index contributed by atoms with van der Waals surface area (Å²) in [5, 5.41) is 12.3. The summed E-state index contributed by atoms with van der Waals surface area (Å²) in [6.45, 7) is 2.83. The highest BCUT2D eigenvalue weighted by Crippen LogP contribution is 2.29. The van der Waals surface area contributed by atoms with Gasteiger partial charge < -0.3 is 16.2 Å². The van der Waals surface area contributed by atoms with Crippen molar-refractivity contribution in [2.45, 2.75) is 38.6 Å². The zero-order valence-electron chi connectivity index (χ0n) is 9.41. The van der Waals surface area contributed by atoms with Gasteiger partial charge in [0.2, 0.25) is 5.91 Å². The van der Waals surface area contributed by atoms with E-state index in [2.05, 4.69) is 5.32 Å². The average molecular weight is 214 g/mol. The van der Waals surface area contributed by atoms with Crippen LogP contribution in [0.15, 0.2) is 0 Å². The second kappa shape index (κ2) is 6.08. The maximum atomic E-state index is 10.8. The van der Waals surface area contributed by atoms with Crippen LogP contribution in [0.25, 0.3) is 0 Å². The number of aliphatic hydroxyl groups excluding tert-OH is 1. The molecule has 0 aromatic rings. The van der Waals surface area contributed by atoms with Gasteiger partial charge in [0.05, 0.1) is 6.04 Å². The van der Waals surface area contributed by atoms with E-state index in [1.165, 1.54) is 12.8 Å². The molecule has 1 aliphatic carbocycles. The molecule has 4 heteroatoms. The molecule has 3 unspecified atom stereocenters. The van der Waals surface area contributed by atoms with Gasteiger partial charge in [0, 0.05) is 6.61 Å². The van der Waals surface area contributed by atoms with Gasteiger partial charge in [0.25, 0.3) is 0 Å². The van der Waals surface area contributed by atoms with Crippen LogP contribution in [0.4, 0.5) is 0 Å². The predicted octanol–water partition coefficient (Wildman–Crippen LogP) is 0.248. The zero-order chi connectivity index (χ0) is 11.3. The van der Waals surface area contributed by atoms with Crippen LogP contribution in [-0.2, 0) is 4.79 Å². The topological polar surface area (TPSA) is 75.3 Å². The SMILES string of the molecule is CC(NCC1CCCCC1CO)C(N)=O. The first kappa shape index (κ1) is 12.5. The summed E-state index contributed by atoms with van der Waals surface area (Å²) in [5.41, 5.74) is 5.17. The van der Waals surface area contributed by atoms with Crippen molar-refractivity contribution in [3.63, 3.8) is 0 Å². The molecule has 3 atom stereocenters. The molecule has 0 radical (unpaired) electrons. The molecule has 4 nitrogen and oxygen atoms in total. The Kier molecular flexibility index (Phi) is 5.05. The number of hydrogen-bond acceptors (Lipinski definition) is 3. The zero-order valence-corrected chi connectivity index (χ0v) is 9.41. The lowest BCUT2D eigenvalue weighted by Crippen LogP contribution is -2.43. The molecule has 0 heterocycles. The highest BCUT2D eigenvalue weighted by molar-refractivity contribution is 5.79. The number of primary amides is 1. The molecular formula is C11H22N2O2. The third kappa shape index (κ3) is 3.80. The molecule has 88 valence electrons. The highest BCUT2D eigenvalue weighted by Gasteiger charge is 2.24. The molecule has 0 aliphatic heterocycles. The summed E-state index contributed by atoms with van der Waals surface area (Å²) in [6, 6.07) is -0.272. The van der Waals surface area contributed by atoms with Gasteiger partial charge in [-0.1, -0.05) is 12.8 Å². The van der Waals surface area contributed by atoms with Gasteiger partial charge in [-0.25, -0.2) is 0 Å². The molecule has 1 fully saturated rings. The number of aliphatic hydroxyl groups is 1. The van der Waals surface area contributed by atoms with E-state index >= 15 is 0 Å². The van der Waals surface area contributed by atoms with Gasteiger partial charge in [-0.2, -0.15) is 0 Å². The Morgan fingerprint density at radius 2 is 2.07 bits per heavy atom. The number of hydrogen-bond donors (Lipinski definition) is 3. The summed E-state index contributed by atoms with van der Waals surface area (Å²) < 4.78 is 0. The van der Waals surface area contributed by atoms with Crippen LogP contribution in [0, 0.1) is 11.8 Å². The normalized spacial score (nSPS) is 28.7. The number of rotatable bonds is 5. The van der Waals surface area contributed by atoms with Crippen molar-refractivity contribution < 1.29 is 9.90 Å². The standard InChI is InChI=1S/C11H22N2O2/c1-8(11(12)15)13-6-9-4-2-3-5-10(9)7-14/h8-10,13-14H,2-7H2,1H3,(H2,12,15). The van der Waals surface area contributed by atoms with Gasteiger partial charge in [0.1, 0.15) is 0 Å². The second-order valence-corrected chi connectivity index (χ2v) is 4.52. The average Bonchev–Trinajstić information content (AvgIpc) is 2.26. The van der Waals surface area contributed by atoms with Crippen molar-refractivity contribution in [1.29, 1.82) is 0 Å². The third-order valence-electron chi connectivity index (χ3n) is 3.41. The van der Waals surface area contributed by atoms with Gasteiger partial charge >= 0.3 is 0 Å². The Morgan fingerprint density at radius 1 is 1.47 bits per heavy atom. The molecule has 15 heavy (non-hydrogen) atoms. The Morgan fingerprint density at radius 3 is 2.60 bits per heavy atom. The van der Waals surface area contributed by atoms with Crippen LogP contribution in [0.5, 0.6) is 0 Å². The molecule has 0 aromatic carbocycles. The van der Waals surface area contributed by atoms with Gasteiger partial charge in [-0.3, -0.25) is 4.79 Å². The Bertz CT molecular complexity index is 209. The lowest BCUT2D eigenvalue weighted by atomic mass is 9.79. The minimum atomic E-state index is -0.314. The number of carbonyl (C=O) groups excluding carboxylic acids is 1. The van der Waals surface area contributed by atoms with Crippen molar-refractivity contribution in [3.05, 3.63) is 0 Å². The van der Waals surface area contributed by atoms with Crippen LogP contribution in [0.2, 0.25) is 0 Å². The monoisotopic (exact) mass is 214 g/mol. The van der Waals surface area contributed by atoms with E-state index in [0.29, 0.717) is 11.8 Å². The summed E-state index contributed by atoms with van der Waals surface area (Å²) >= 11 is 0. The van der Waals surface area contributed by atoms with E-state index in [4.69, 9.17) is 5.73 Å². The van der Waals surface area contributed by atoms with E-state index < -0.39 is 0 Å². The highest BCUT2D eigenvalue weighted by atomic mass is 16.3. The molecule has 0 spiro atoms. The second-order valence-electron chi connectivity index (χ2n) is 4.52. The van der Waals surface area contributed by atoms with Gasteiger partial charge in [-0.05, 0) is 38.1 Å². The summed E-state index contributed by atoms with van der Waals surface area (Å²) in [5.74, 6) is 0.572. The third-order valence-corrected chi connectivity index (χ3v) is 3.41. The van der Waals surface area contributed by atoms with E-state index in [-0.39, 0.29) is 18.6 Å². The fourth-order valence-electron chi connectivity index (χ4n) is 2.22. The summed E-state index contributed by atoms with van der Waals surface area (Å²) in [4.78, 5) is 10.8. The molecule has 0 bridgehead atoms. The number of amides is 1. The smallest absolute Gasteiger partial charge is 0.234 e. The molecule has 1 aliphatic rings. The predicted molar refractivity (Wildman–Crippen MR) is 59.2 cm³/mol. The molecule has 0 saturated heterocycles. The lowest BCUT2D eigenvalue weighted by Gasteiger charge is -2.31. The first-order chi connectivity index (χ1) is 7.15. The fraction of sp³-hybridized carbons (Fsp3) is 0.909. The van der Waals surface area contributed by atoms with Gasteiger partial charge in [-0.15, -0.1) is 0 Å². The van der Waals surface area contributed by atoms with Crippen molar-refractivity contribution in [1.82, 2.24) is 5.32 Å². The minimum absolute atomic E-state index is 0.261. The number of nitrogens with two attached hydrogens (primary N) is 1. The van der Waals surface area contributed by atoms with Crippen molar-refractivity contribution >= 4 is 5.91 Å². The molecule has 1 amide bonds. The van der Waals surface area contributed by atoms with Crippen LogP contribution in [-0.4, -0.2) is 30.2 Å². The van der Waals surface area contributed by atoms with E-state index in [1.54, 1.807) is 6.92 Å². The van der Waals surface area contributed by atoms with Crippen LogP contribution < -0.4 is 11.1 Å². The molecule has 1 rings (SSSR count). The number of carbonyl (C=O) groups is 1. The Hall–Kier alpha value is -0.610. The Balaban J connectivity index is 2.32. The number of nitrogens with one attached hydrogen (secondary N) is 1. The van der Waals surface area contributed by atoms with Crippen molar-refractivity contribution in [3.8, 4) is 0 Å². The summed E-state index contributed by atoms with van der Waals surface area (Å²) in [7, 11) is 0. The van der Waals surface area contributed by atoms with Crippen LogP contribution in [0.3, 0.4) is 0 Å². The summed E-state index contributed by atoms with van der Waals surface area (Å²) in [6.07, 6.45) is 4.69. The first-order valence-corrected chi connectivity index (χ1v) is 5.78. The molecular weight excluding hydrogens is 192 g/mol.